The van der Waals surface area contributed by atoms with Crippen molar-refractivity contribution in [3.63, 3.8) is 0 Å². The van der Waals surface area contributed by atoms with Gasteiger partial charge in [-0.2, -0.15) is 0 Å². The van der Waals surface area contributed by atoms with E-state index in [0.29, 0.717) is 0 Å². The smallest absolute Gasteiger partial charge is 0.00264 e. The van der Waals surface area contributed by atoms with Crippen molar-refractivity contribution in [2.75, 3.05) is 0 Å². The van der Waals surface area contributed by atoms with Crippen LogP contribution in [0.15, 0.2) is 36.4 Å². The summed E-state index contributed by atoms with van der Waals surface area (Å²) in [7, 11) is 0. The van der Waals surface area contributed by atoms with Crippen molar-refractivity contribution in [2.24, 2.45) is 0 Å². The lowest BCUT2D eigenvalue weighted by molar-refractivity contribution is 1.89. The molecule has 3 rings (SSSR count). The summed E-state index contributed by atoms with van der Waals surface area (Å²) >= 11 is 0. The molecule has 2 aromatic carbocycles. The molecule has 0 fully saturated rings. The van der Waals surface area contributed by atoms with E-state index in [1.165, 1.54) is 21.9 Å². The van der Waals surface area contributed by atoms with Crippen LogP contribution in [0.4, 0.5) is 0 Å². The SMILES string of the molecule is N.c1cc2c3c-2cccc3c1. The van der Waals surface area contributed by atoms with Gasteiger partial charge in [-0.25, -0.2) is 0 Å². The van der Waals surface area contributed by atoms with Crippen molar-refractivity contribution in [2.45, 2.75) is 0 Å². The molecule has 0 aromatic heterocycles. The van der Waals surface area contributed by atoms with Crippen LogP contribution >= 0.6 is 0 Å². The summed E-state index contributed by atoms with van der Waals surface area (Å²) in [6.45, 7) is 0. The predicted octanol–water partition coefficient (Wildman–Crippen LogP) is 2.98. The molecule has 1 heteroatoms. The zero-order valence-electron chi connectivity index (χ0n) is 6.17. The molecular weight excluding hydrogens is 134 g/mol. The summed E-state index contributed by atoms with van der Waals surface area (Å²) in [5.74, 6) is 0. The van der Waals surface area contributed by atoms with E-state index in [1.807, 2.05) is 0 Å². The van der Waals surface area contributed by atoms with Crippen LogP contribution in [-0.2, 0) is 0 Å². The lowest BCUT2D eigenvalue weighted by atomic mass is 10.2. The molecule has 0 bridgehead atoms. The Hall–Kier alpha value is -1.34. The van der Waals surface area contributed by atoms with Gasteiger partial charge >= 0.3 is 0 Å². The van der Waals surface area contributed by atoms with Crippen molar-refractivity contribution in [1.82, 2.24) is 6.15 Å². The number of benzene rings is 2. The lowest BCUT2D eigenvalue weighted by Crippen LogP contribution is -1.54. The second-order valence-corrected chi connectivity index (χ2v) is 2.71. The highest BCUT2D eigenvalue weighted by molar-refractivity contribution is 6.19. The molecule has 0 aliphatic heterocycles. The maximum absolute atomic E-state index is 2.18. The maximum atomic E-state index is 2.18. The molecule has 1 aliphatic carbocycles. The molecule has 1 nitrogen and oxygen atoms in total. The van der Waals surface area contributed by atoms with Gasteiger partial charge in [-0.15, -0.1) is 0 Å². The van der Waals surface area contributed by atoms with Crippen LogP contribution in [0.3, 0.4) is 0 Å². The molecule has 0 amide bonds. The first kappa shape index (κ1) is 6.38. The second-order valence-electron chi connectivity index (χ2n) is 2.71. The summed E-state index contributed by atoms with van der Waals surface area (Å²) < 4.78 is 0. The van der Waals surface area contributed by atoms with E-state index in [1.54, 1.807) is 0 Å². The second kappa shape index (κ2) is 1.83. The lowest BCUT2D eigenvalue weighted by Gasteiger charge is -1.80. The quantitative estimate of drug-likeness (QED) is 0.515. The number of rotatable bonds is 0. The van der Waals surface area contributed by atoms with Crippen LogP contribution in [0.25, 0.3) is 21.9 Å². The van der Waals surface area contributed by atoms with Crippen LogP contribution in [0.2, 0.25) is 0 Å². The molecule has 54 valence electrons. The minimum atomic E-state index is 0. The van der Waals surface area contributed by atoms with Crippen LogP contribution in [0.5, 0.6) is 0 Å². The van der Waals surface area contributed by atoms with E-state index in [0.717, 1.165) is 0 Å². The molecular formula is C10H9N. The van der Waals surface area contributed by atoms with Gasteiger partial charge in [-0.1, -0.05) is 36.4 Å². The third kappa shape index (κ3) is 0.632. The van der Waals surface area contributed by atoms with Crippen molar-refractivity contribution < 1.29 is 0 Å². The van der Waals surface area contributed by atoms with Gasteiger partial charge in [-0.3, -0.25) is 0 Å². The Morgan fingerprint density at radius 3 is 1.73 bits per heavy atom. The first-order valence-electron chi connectivity index (χ1n) is 3.49. The fourth-order valence-corrected chi connectivity index (χ4v) is 1.59. The Bertz CT molecular complexity index is 381. The average molecular weight is 143 g/mol. The van der Waals surface area contributed by atoms with E-state index in [4.69, 9.17) is 0 Å². The summed E-state index contributed by atoms with van der Waals surface area (Å²) in [6, 6.07) is 12.9. The topological polar surface area (TPSA) is 35.0 Å². The van der Waals surface area contributed by atoms with Gasteiger partial charge in [0.25, 0.3) is 0 Å². The third-order valence-electron chi connectivity index (χ3n) is 2.13. The Kier molecular flexibility index (Phi) is 1.06. The van der Waals surface area contributed by atoms with E-state index < -0.39 is 0 Å². The molecule has 0 radical (unpaired) electrons. The van der Waals surface area contributed by atoms with Crippen LogP contribution in [0.1, 0.15) is 0 Å². The van der Waals surface area contributed by atoms with Crippen molar-refractivity contribution in [1.29, 1.82) is 0 Å². The van der Waals surface area contributed by atoms with Gasteiger partial charge in [0.2, 0.25) is 0 Å². The minimum Gasteiger partial charge on any atom is -0.344 e. The fourth-order valence-electron chi connectivity index (χ4n) is 1.59. The summed E-state index contributed by atoms with van der Waals surface area (Å²) in [5.41, 5.74) is 2.89. The maximum Gasteiger partial charge on any atom is -0.00264 e. The molecule has 0 atom stereocenters. The average Bonchev–Trinajstić information content (AvgIpc) is 2.68. The van der Waals surface area contributed by atoms with Crippen molar-refractivity contribution >= 4 is 10.8 Å². The first-order chi connectivity index (χ1) is 4.97. The van der Waals surface area contributed by atoms with E-state index >= 15 is 0 Å². The molecule has 0 heterocycles. The van der Waals surface area contributed by atoms with Crippen molar-refractivity contribution in [3.8, 4) is 11.1 Å². The summed E-state index contributed by atoms with van der Waals surface area (Å²) in [6.07, 6.45) is 0. The van der Waals surface area contributed by atoms with E-state index in [9.17, 15) is 0 Å². The number of fused-ring (bicyclic) bond motifs is 1. The van der Waals surface area contributed by atoms with E-state index in [2.05, 4.69) is 36.4 Å². The normalized spacial score (nSPS) is 10.9. The van der Waals surface area contributed by atoms with Gasteiger partial charge in [0.05, 0.1) is 0 Å². The first-order valence-corrected chi connectivity index (χ1v) is 3.49. The summed E-state index contributed by atoms with van der Waals surface area (Å²) in [4.78, 5) is 0. The van der Waals surface area contributed by atoms with Crippen LogP contribution in [-0.4, -0.2) is 0 Å². The predicted molar refractivity (Wildman–Crippen MR) is 48.0 cm³/mol. The number of hydrogen-bond acceptors (Lipinski definition) is 1. The van der Waals surface area contributed by atoms with Gasteiger partial charge in [-0.05, 0) is 21.9 Å². The standard InChI is InChI=1S/C10H6.H3N/c1-3-7-4-2-6-9-8(5-1)10(7)9;/h1-6H;1H3. The van der Waals surface area contributed by atoms with Gasteiger partial charge < -0.3 is 6.15 Å². The van der Waals surface area contributed by atoms with Gasteiger partial charge in [0.1, 0.15) is 0 Å². The third-order valence-corrected chi connectivity index (χ3v) is 2.13. The minimum absolute atomic E-state index is 0. The Labute approximate surface area is 65.2 Å². The molecule has 0 saturated carbocycles. The molecule has 1 aliphatic rings. The fraction of sp³-hybridized carbons (Fsp3) is 0. The van der Waals surface area contributed by atoms with Crippen LogP contribution in [0, 0.1) is 0 Å². The Balaban J connectivity index is 0.000000480. The zero-order chi connectivity index (χ0) is 6.55. The Morgan fingerprint density at radius 1 is 0.727 bits per heavy atom. The highest BCUT2D eigenvalue weighted by atomic mass is 14.2. The monoisotopic (exact) mass is 143 g/mol. The van der Waals surface area contributed by atoms with E-state index in [-0.39, 0.29) is 6.15 Å². The highest BCUT2D eigenvalue weighted by Crippen LogP contribution is 2.46. The summed E-state index contributed by atoms with van der Waals surface area (Å²) in [5, 5.41) is 2.86. The molecule has 11 heavy (non-hydrogen) atoms. The molecule has 3 N–H and O–H groups in total. The highest BCUT2D eigenvalue weighted by Gasteiger charge is 2.18. The van der Waals surface area contributed by atoms with Gasteiger partial charge in [0.15, 0.2) is 0 Å². The number of hydrogen-bond donors (Lipinski definition) is 1. The van der Waals surface area contributed by atoms with Crippen LogP contribution < -0.4 is 6.15 Å². The van der Waals surface area contributed by atoms with Gasteiger partial charge in [0, 0.05) is 0 Å². The zero-order valence-corrected chi connectivity index (χ0v) is 6.17. The largest absolute Gasteiger partial charge is 0.344 e. The molecule has 0 spiro atoms. The molecule has 0 unspecified atom stereocenters. The van der Waals surface area contributed by atoms with Crippen molar-refractivity contribution in [3.05, 3.63) is 36.4 Å². The molecule has 2 aromatic rings. The Morgan fingerprint density at radius 2 is 1.27 bits per heavy atom. The molecule has 0 saturated heterocycles.